The number of nitrogens with one attached hydrogen (secondary N) is 3. The molecule has 18 heteroatoms. The van der Waals surface area contributed by atoms with Gasteiger partial charge >= 0.3 is 6.09 Å². The minimum atomic E-state index is -4.17. The highest BCUT2D eigenvalue weighted by atomic mass is 32.2. The van der Waals surface area contributed by atoms with Crippen LogP contribution in [0.4, 0.5) is 4.79 Å². The molecule has 3 saturated carbocycles. The largest absolute Gasteiger partial charge is 0.492 e. The van der Waals surface area contributed by atoms with Gasteiger partial charge in [0.1, 0.15) is 40.3 Å². The highest BCUT2D eigenvalue weighted by molar-refractivity contribution is 7.91. The Balaban J connectivity index is 1.12. The van der Waals surface area contributed by atoms with Crippen molar-refractivity contribution >= 4 is 44.7 Å². The molecule has 2 saturated heterocycles. The standard InChI is InChI=1S/C49H70N6O11S/c1-6-33-29-49(33,45(58)53-67(60,61)48(20-21-48)31-62-5)52-42(56)38-28-34-30-55(38)44(57)41(47(2,3)4)51-46(59)66-39-19-12-15-32(39)14-8-7-9-17-36-40(64-25-13-22-54-23-26-63-27-24-54)35-16-10-11-18-37(35)50-43(36)65-34/h6,10-11,16,18,32-34,38-39,41H,1,7-9,12-15,17,19-31H2,2-5H3,(H,51,59)(H,52,56)(H,53,58)/t32-,33-,34-,38+,39-,41-,49-/m1/s1. The van der Waals surface area contributed by atoms with E-state index in [0.29, 0.717) is 43.0 Å². The van der Waals surface area contributed by atoms with Gasteiger partial charge in [0.15, 0.2) is 0 Å². The number of carbonyl (C=O) groups is 4. The number of hydrogen-bond donors (Lipinski definition) is 3. The van der Waals surface area contributed by atoms with Gasteiger partial charge in [0, 0.05) is 44.5 Å². The molecule has 4 heterocycles. The summed E-state index contributed by atoms with van der Waals surface area (Å²) in [6, 6.07) is 5.51. The molecule has 2 aromatic rings. The van der Waals surface area contributed by atoms with Crippen molar-refractivity contribution in [3.05, 3.63) is 42.5 Å². The summed E-state index contributed by atoms with van der Waals surface area (Å²) in [4.78, 5) is 66.5. The van der Waals surface area contributed by atoms with Crippen molar-refractivity contribution in [3.63, 3.8) is 0 Å². The summed E-state index contributed by atoms with van der Waals surface area (Å²) in [6.45, 7) is 13.8. The lowest BCUT2D eigenvalue weighted by Gasteiger charge is -2.35. The van der Waals surface area contributed by atoms with Gasteiger partial charge in [-0.1, -0.05) is 51.8 Å². The van der Waals surface area contributed by atoms with E-state index in [2.05, 4.69) is 26.8 Å². The van der Waals surface area contributed by atoms with Crippen LogP contribution < -0.4 is 24.8 Å². The van der Waals surface area contributed by atoms with Gasteiger partial charge in [-0.15, -0.1) is 6.58 Å². The maximum atomic E-state index is 15.1. The number of ether oxygens (including phenoxy) is 5. The summed E-state index contributed by atoms with van der Waals surface area (Å²) < 4.78 is 58.5. The summed E-state index contributed by atoms with van der Waals surface area (Å²) in [6.07, 6.45) is 8.25. The van der Waals surface area contributed by atoms with Crippen LogP contribution >= 0.6 is 0 Å². The predicted octanol–water partition coefficient (Wildman–Crippen LogP) is 4.80. The number of rotatable bonds is 13. The fourth-order valence-electron chi connectivity index (χ4n) is 10.5. The fraction of sp³-hybridized carbons (Fsp3) is 0.694. The zero-order valence-electron chi connectivity index (χ0n) is 39.6. The number of pyridine rings is 1. The molecule has 5 fully saturated rings. The second kappa shape index (κ2) is 20.2. The first-order chi connectivity index (χ1) is 32.1. The molecule has 3 aliphatic carbocycles. The number of methoxy groups -OCH3 is 1. The predicted molar refractivity (Wildman–Crippen MR) is 250 cm³/mol. The van der Waals surface area contributed by atoms with Crippen molar-refractivity contribution < 1.29 is 51.3 Å². The fourth-order valence-corrected chi connectivity index (χ4v) is 12.1. The van der Waals surface area contributed by atoms with E-state index in [4.69, 9.17) is 28.7 Å². The van der Waals surface area contributed by atoms with Crippen molar-refractivity contribution in [2.24, 2.45) is 17.3 Å². The Morgan fingerprint density at radius 2 is 1.81 bits per heavy atom. The van der Waals surface area contributed by atoms with Crippen LogP contribution in [0.1, 0.15) is 103 Å². The molecule has 3 aliphatic heterocycles. The number of fused-ring (bicyclic) bond motifs is 5. The van der Waals surface area contributed by atoms with Gasteiger partial charge in [-0.25, -0.2) is 18.2 Å². The zero-order chi connectivity index (χ0) is 47.6. The quantitative estimate of drug-likeness (QED) is 0.183. The highest BCUT2D eigenvalue weighted by Gasteiger charge is 2.64. The summed E-state index contributed by atoms with van der Waals surface area (Å²) in [5, 5.41) is 6.64. The third-order valence-corrected chi connectivity index (χ3v) is 16.9. The molecule has 7 atom stereocenters. The molecule has 1 aromatic heterocycles. The Kier molecular flexibility index (Phi) is 14.8. The minimum Gasteiger partial charge on any atom is -0.492 e. The maximum Gasteiger partial charge on any atom is 0.408 e. The minimum absolute atomic E-state index is 0.0119. The number of alkyl carbamates (subject to hydrolysis) is 1. The monoisotopic (exact) mass is 950 g/mol. The van der Waals surface area contributed by atoms with E-state index < -0.39 is 73.6 Å². The number of para-hydroxylation sites is 1. The smallest absolute Gasteiger partial charge is 0.408 e. The molecule has 0 unspecified atom stereocenters. The molecule has 6 aliphatic rings. The van der Waals surface area contributed by atoms with Crippen molar-refractivity contribution in [1.82, 2.24) is 30.1 Å². The van der Waals surface area contributed by atoms with E-state index >= 15 is 4.79 Å². The maximum absolute atomic E-state index is 15.1. The van der Waals surface area contributed by atoms with E-state index in [0.717, 1.165) is 95.2 Å². The first-order valence-corrected chi connectivity index (χ1v) is 25.9. The average molecular weight is 951 g/mol. The molecule has 368 valence electrons. The lowest BCUT2D eigenvalue weighted by Crippen LogP contribution is -2.60. The molecule has 0 radical (unpaired) electrons. The molecule has 17 nitrogen and oxygen atoms in total. The van der Waals surface area contributed by atoms with Crippen LogP contribution in [-0.2, 0) is 45.0 Å². The van der Waals surface area contributed by atoms with Crippen LogP contribution in [0.15, 0.2) is 36.9 Å². The summed E-state index contributed by atoms with van der Waals surface area (Å²) in [7, 11) is -2.76. The van der Waals surface area contributed by atoms with Gasteiger partial charge in [-0.3, -0.25) is 24.0 Å². The molecule has 67 heavy (non-hydrogen) atoms. The van der Waals surface area contributed by atoms with Crippen molar-refractivity contribution in [3.8, 4) is 11.6 Å². The topological polar surface area (TPSA) is 204 Å². The summed E-state index contributed by atoms with van der Waals surface area (Å²) >= 11 is 0. The van der Waals surface area contributed by atoms with Gasteiger partial charge < -0.3 is 39.2 Å². The molecule has 3 N–H and O–H groups in total. The van der Waals surface area contributed by atoms with E-state index in [1.54, 1.807) is 0 Å². The lowest BCUT2D eigenvalue weighted by molar-refractivity contribution is -0.143. The molecule has 4 amide bonds. The Morgan fingerprint density at radius 3 is 2.52 bits per heavy atom. The van der Waals surface area contributed by atoms with Crippen LogP contribution in [0.3, 0.4) is 0 Å². The van der Waals surface area contributed by atoms with Crippen molar-refractivity contribution in [1.29, 1.82) is 0 Å². The summed E-state index contributed by atoms with van der Waals surface area (Å²) in [5.41, 5.74) is -0.947. The van der Waals surface area contributed by atoms with E-state index in [9.17, 15) is 22.8 Å². The molecule has 0 spiro atoms. The zero-order valence-corrected chi connectivity index (χ0v) is 40.5. The molecule has 8 rings (SSSR count). The molecule has 2 bridgehead atoms. The Bertz CT molecular complexity index is 2280. The first-order valence-electron chi connectivity index (χ1n) is 24.4. The summed E-state index contributed by atoms with van der Waals surface area (Å²) in [5.74, 6) is -1.36. The van der Waals surface area contributed by atoms with Gasteiger partial charge in [0.2, 0.25) is 27.7 Å². The third-order valence-electron chi connectivity index (χ3n) is 14.8. The number of amides is 4. The Hall–Kier alpha value is -4.52. The van der Waals surface area contributed by atoms with E-state index in [-0.39, 0.29) is 38.0 Å². The Morgan fingerprint density at radius 1 is 1.04 bits per heavy atom. The second-order valence-electron chi connectivity index (χ2n) is 20.6. The number of benzene rings is 1. The van der Waals surface area contributed by atoms with Crippen LogP contribution in [0.25, 0.3) is 10.9 Å². The lowest BCUT2D eigenvalue weighted by atomic mass is 9.85. The van der Waals surface area contributed by atoms with Gasteiger partial charge in [0.05, 0.1) is 44.1 Å². The number of morpholine rings is 1. The number of sulfonamides is 1. The second-order valence-corrected chi connectivity index (χ2v) is 22.7. The normalized spacial score (nSPS) is 29.2. The highest BCUT2D eigenvalue weighted by Crippen LogP contribution is 2.48. The molecular formula is C49H70N6O11S. The number of hydrogen-bond acceptors (Lipinski definition) is 13. The van der Waals surface area contributed by atoms with E-state index in [1.807, 2.05) is 45.0 Å². The van der Waals surface area contributed by atoms with Crippen LogP contribution in [0.2, 0.25) is 0 Å². The van der Waals surface area contributed by atoms with Crippen LogP contribution in [0, 0.1) is 17.3 Å². The van der Waals surface area contributed by atoms with Crippen molar-refractivity contribution in [2.45, 2.75) is 139 Å². The van der Waals surface area contributed by atoms with Gasteiger partial charge in [0.25, 0.3) is 5.91 Å². The number of carbonyl (C=O) groups excluding carboxylic acids is 4. The Labute approximate surface area is 394 Å². The van der Waals surface area contributed by atoms with Crippen LogP contribution in [-0.4, -0.2) is 141 Å². The molecular weight excluding hydrogens is 881 g/mol. The van der Waals surface area contributed by atoms with E-state index in [1.165, 1.54) is 18.1 Å². The molecule has 1 aromatic carbocycles. The van der Waals surface area contributed by atoms with Gasteiger partial charge in [-0.2, -0.15) is 0 Å². The first kappa shape index (κ1) is 48.9. The van der Waals surface area contributed by atoms with Crippen molar-refractivity contribution in [2.75, 3.05) is 59.7 Å². The average Bonchev–Trinajstić information content (AvgIpc) is 4.14. The SMILES string of the molecule is C=C[C@@H]1C[C@]1(NC(=O)[C@@H]1C[C@@H]2CN1C(=O)[C@H](C(C)(C)C)NC(=O)O[C@@H]1CCC[C@H]1CCCCCc1c(nc3ccccc3c1OCCCN1CCOCC1)O2)C(=O)NS(=O)(=O)C1(COC)CC1. The van der Waals surface area contributed by atoms with Crippen LogP contribution in [0.5, 0.6) is 11.6 Å². The third kappa shape index (κ3) is 10.7. The number of nitrogens with zero attached hydrogens (tertiary/aromatic N) is 3. The number of aromatic nitrogens is 1. The van der Waals surface area contributed by atoms with Gasteiger partial charge in [-0.05, 0) is 87.7 Å².